The van der Waals surface area contributed by atoms with Gasteiger partial charge in [0.1, 0.15) is 6.54 Å². The Bertz CT molecular complexity index is 603. The van der Waals surface area contributed by atoms with Gasteiger partial charge in [-0.25, -0.2) is 0 Å². The van der Waals surface area contributed by atoms with Crippen LogP contribution in [0.25, 0.3) is 10.9 Å². The minimum absolute atomic E-state index is 0.142. The van der Waals surface area contributed by atoms with E-state index in [2.05, 4.69) is 36.5 Å². The molecule has 2 rings (SSSR count). The highest BCUT2D eigenvalue weighted by molar-refractivity contribution is 5.83. The number of aromatic nitrogens is 1. The lowest BCUT2D eigenvalue weighted by Gasteiger charge is -2.15. The minimum Gasteiger partial charge on any atom is -0.344 e. The summed E-state index contributed by atoms with van der Waals surface area (Å²) in [6, 6.07) is 8.52. The van der Waals surface area contributed by atoms with E-state index < -0.39 is 0 Å². The molecule has 0 unspecified atom stereocenters. The maximum atomic E-state index is 12.0. The van der Waals surface area contributed by atoms with Gasteiger partial charge in [0.15, 0.2) is 0 Å². The molecule has 0 spiro atoms. The van der Waals surface area contributed by atoms with Gasteiger partial charge >= 0.3 is 0 Å². The summed E-state index contributed by atoms with van der Waals surface area (Å²) in [7, 11) is 1.84. The fourth-order valence-corrected chi connectivity index (χ4v) is 2.35. The molecule has 1 aromatic carbocycles. The van der Waals surface area contributed by atoms with Crippen molar-refractivity contribution in [2.24, 2.45) is 0 Å². The third-order valence-electron chi connectivity index (χ3n) is 3.80. The largest absolute Gasteiger partial charge is 0.344 e. The molecule has 0 aliphatic rings. The third-order valence-corrected chi connectivity index (χ3v) is 3.80. The van der Waals surface area contributed by atoms with E-state index in [9.17, 15) is 4.79 Å². The molecule has 21 heavy (non-hydrogen) atoms. The highest BCUT2D eigenvalue weighted by atomic mass is 16.2. The van der Waals surface area contributed by atoms with Crippen molar-refractivity contribution in [3.05, 3.63) is 36.0 Å². The standard InChI is InChI=1S/C17H25N3O/c1-4-9-18-12-14-6-7-16-15(11-14)8-10-20(16)13-17(21)19(3)5-2/h6-8,10-11,18H,4-5,9,12-13H2,1-3H3. The molecule has 0 saturated heterocycles. The average molecular weight is 287 g/mol. The topological polar surface area (TPSA) is 37.3 Å². The number of carbonyl (C=O) groups excluding carboxylic acids is 1. The predicted octanol–water partition coefficient (Wildman–Crippen LogP) is 2.62. The van der Waals surface area contributed by atoms with Crippen molar-refractivity contribution < 1.29 is 4.79 Å². The number of rotatable bonds is 7. The van der Waals surface area contributed by atoms with Gasteiger partial charge in [-0.3, -0.25) is 4.79 Å². The molecular formula is C17H25N3O. The van der Waals surface area contributed by atoms with Gasteiger partial charge in [-0.15, -0.1) is 0 Å². The molecule has 0 aliphatic carbocycles. The van der Waals surface area contributed by atoms with Crippen LogP contribution in [0.1, 0.15) is 25.8 Å². The smallest absolute Gasteiger partial charge is 0.242 e. The summed E-state index contributed by atoms with van der Waals surface area (Å²) in [5.74, 6) is 0.142. The van der Waals surface area contributed by atoms with Crippen LogP contribution in [0.4, 0.5) is 0 Å². The highest BCUT2D eigenvalue weighted by Gasteiger charge is 2.09. The van der Waals surface area contributed by atoms with Crippen LogP contribution in [0.2, 0.25) is 0 Å². The van der Waals surface area contributed by atoms with Crippen molar-refractivity contribution in [1.82, 2.24) is 14.8 Å². The lowest BCUT2D eigenvalue weighted by atomic mass is 10.1. The van der Waals surface area contributed by atoms with Crippen LogP contribution in [-0.2, 0) is 17.9 Å². The normalized spacial score (nSPS) is 11.0. The molecule has 0 aliphatic heterocycles. The second-order valence-corrected chi connectivity index (χ2v) is 5.42. The molecule has 0 bridgehead atoms. The monoisotopic (exact) mass is 287 g/mol. The number of hydrogen-bond donors (Lipinski definition) is 1. The van der Waals surface area contributed by atoms with Gasteiger partial charge in [0, 0.05) is 31.9 Å². The maximum absolute atomic E-state index is 12.0. The van der Waals surface area contributed by atoms with E-state index in [0.717, 1.165) is 31.6 Å². The predicted molar refractivity (Wildman–Crippen MR) is 87.2 cm³/mol. The Labute approximate surface area is 126 Å². The molecule has 1 heterocycles. The van der Waals surface area contributed by atoms with E-state index in [1.807, 2.05) is 24.7 Å². The molecule has 4 heteroatoms. The molecule has 0 fully saturated rings. The Hall–Kier alpha value is -1.81. The molecule has 1 N–H and O–H groups in total. The summed E-state index contributed by atoms with van der Waals surface area (Å²) in [6.45, 7) is 7.23. The van der Waals surface area contributed by atoms with Crippen LogP contribution in [0.15, 0.2) is 30.5 Å². The molecule has 0 atom stereocenters. The van der Waals surface area contributed by atoms with Crippen molar-refractivity contribution in [1.29, 1.82) is 0 Å². The Kier molecular flexibility index (Phi) is 5.39. The van der Waals surface area contributed by atoms with E-state index in [1.54, 1.807) is 4.90 Å². The van der Waals surface area contributed by atoms with Gasteiger partial charge < -0.3 is 14.8 Å². The van der Waals surface area contributed by atoms with Crippen LogP contribution in [0, 0.1) is 0 Å². The van der Waals surface area contributed by atoms with Crippen LogP contribution in [0.5, 0.6) is 0 Å². The minimum atomic E-state index is 0.142. The van der Waals surface area contributed by atoms with E-state index in [4.69, 9.17) is 0 Å². The molecule has 0 radical (unpaired) electrons. The maximum Gasteiger partial charge on any atom is 0.242 e. The van der Waals surface area contributed by atoms with Crippen molar-refractivity contribution in [3.8, 4) is 0 Å². The van der Waals surface area contributed by atoms with Gasteiger partial charge in [0.25, 0.3) is 0 Å². The first-order valence-corrected chi connectivity index (χ1v) is 7.68. The van der Waals surface area contributed by atoms with Gasteiger partial charge in [0.05, 0.1) is 0 Å². The van der Waals surface area contributed by atoms with E-state index >= 15 is 0 Å². The number of nitrogens with zero attached hydrogens (tertiary/aromatic N) is 2. The van der Waals surface area contributed by atoms with Crippen molar-refractivity contribution in [3.63, 3.8) is 0 Å². The van der Waals surface area contributed by atoms with Gasteiger partial charge in [-0.1, -0.05) is 13.0 Å². The third kappa shape index (κ3) is 3.85. The van der Waals surface area contributed by atoms with Gasteiger partial charge in [-0.05, 0) is 49.0 Å². The fourth-order valence-electron chi connectivity index (χ4n) is 2.35. The van der Waals surface area contributed by atoms with Crippen molar-refractivity contribution in [2.75, 3.05) is 20.1 Å². The first-order valence-electron chi connectivity index (χ1n) is 7.68. The SMILES string of the molecule is CCCNCc1ccc2c(ccn2CC(=O)N(C)CC)c1. The van der Waals surface area contributed by atoms with Crippen LogP contribution < -0.4 is 5.32 Å². The van der Waals surface area contributed by atoms with Crippen molar-refractivity contribution in [2.45, 2.75) is 33.4 Å². The lowest BCUT2D eigenvalue weighted by Crippen LogP contribution is -2.29. The molecule has 0 saturated carbocycles. The Balaban J connectivity index is 2.11. The molecule has 2 aromatic rings. The second-order valence-electron chi connectivity index (χ2n) is 5.42. The molecule has 1 amide bonds. The number of amides is 1. The second kappa shape index (κ2) is 7.27. The summed E-state index contributed by atoms with van der Waals surface area (Å²) >= 11 is 0. The fraction of sp³-hybridized carbons (Fsp3) is 0.471. The zero-order chi connectivity index (χ0) is 15.2. The van der Waals surface area contributed by atoms with Gasteiger partial charge in [-0.2, -0.15) is 0 Å². The van der Waals surface area contributed by atoms with Gasteiger partial charge in [0.2, 0.25) is 5.91 Å². The quantitative estimate of drug-likeness (QED) is 0.795. The number of benzene rings is 1. The number of nitrogens with one attached hydrogen (secondary N) is 1. The summed E-state index contributed by atoms with van der Waals surface area (Å²) in [5, 5.41) is 4.60. The molecule has 4 nitrogen and oxygen atoms in total. The lowest BCUT2D eigenvalue weighted by molar-refractivity contribution is -0.130. The first kappa shape index (κ1) is 15.6. The average Bonchev–Trinajstić information content (AvgIpc) is 2.89. The zero-order valence-electron chi connectivity index (χ0n) is 13.2. The summed E-state index contributed by atoms with van der Waals surface area (Å²) in [4.78, 5) is 13.8. The Morgan fingerprint density at radius 1 is 1.29 bits per heavy atom. The number of fused-ring (bicyclic) bond motifs is 1. The van der Waals surface area contributed by atoms with Crippen LogP contribution >= 0.6 is 0 Å². The molecular weight excluding hydrogens is 262 g/mol. The number of carbonyl (C=O) groups is 1. The summed E-state index contributed by atoms with van der Waals surface area (Å²) in [5.41, 5.74) is 2.40. The number of likely N-dealkylation sites (N-methyl/N-ethyl adjacent to an activating group) is 1. The Morgan fingerprint density at radius 3 is 2.81 bits per heavy atom. The zero-order valence-corrected chi connectivity index (χ0v) is 13.2. The summed E-state index contributed by atoms with van der Waals surface area (Å²) < 4.78 is 2.02. The van der Waals surface area contributed by atoms with Crippen LogP contribution in [-0.4, -0.2) is 35.5 Å². The van der Waals surface area contributed by atoms with E-state index in [1.165, 1.54) is 10.9 Å². The Morgan fingerprint density at radius 2 is 2.10 bits per heavy atom. The number of hydrogen-bond acceptors (Lipinski definition) is 2. The van der Waals surface area contributed by atoms with Crippen LogP contribution in [0.3, 0.4) is 0 Å². The molecule has 114 valence electrons. The van der Waals surface area contributed by atoms with E-state index in [0.29, 0.717) is 6.54 Å². The first-order chi connectivity index (χ1) is 10.2. The van der Waals surface area contributed by atoms with E-state index in [-0.39, 0.29) is 5.91 Å². The molecule has 1 aromatic heterocycles. The highest BCUT2D eigenvalue weighted by Crippen LogP contribution is 2.18. The summed E-state index contributed by atoms with van der Waals surface area (Å²) in [6.07, 6.45) is 3.14. The van der Waals surface area contributed by atoms with Crippen molar-refractivity contribution >= 4 is 16.8 Å².